The third-order valence-corrected chi connectivity index (χ3v) is 3.38. The summed E-state index contributed by atoms with van der Waals surface area (Å²) in [4.78, 5) is 0. The summed E-state index contributed by atoms with van der Waals surface area (Å²) in [6, 6.07) is 0.681. The van der Waals surface area contributed by atoms with E-state index in [0.29, 0.717) is 6.04 Å². The molecular formula is C11H20N2. The first-order chi connectivity index (χ1) is 6.36. The molecule has 2 aliphatic carbocycles. The Labute approximate surface area is 80.8 Å². The maximum Gasteiger partial charge on any atom is 0.0440 e. The van der Waals surface area contributed by atoms with Crippen LogP contribution in [0.4, 0.5) is 0 Å². The molecule has 1 N–H and O–H groups in total. The summed E-state index contributed by atoms with van der Waals surface area (Å²) in [5.74, 6) is 0.730. The lowest BCUT2D eigenvalue weighted by Gasteiger charge is -2.10. The monoisotopic (exact) mass is 180 g/mol. The Morgan fingerprint density at radius 3 is 2.54 bits per heavy atom. The largest absolute Gasteiger partial charge is 0.307 e. The molecule has 74 valence electrons. The zero-order valence-electron chi connectivity index (χ0n) is 8.55. The predicted octanol–water partition coefficient (Wildman–Crippen LogP) is 2.69. The zero-order valence-corrected chi connectivity index (χ0v) is 8.55. The Balaban J connectivity index is 1.81. The van der Waals surface area contributed by atoms with Crippen LogP contribution in [0.25, 0.3) is 0 Å². The lowest BCUT2D eigenvalue weighted by Crippen LogP contribution is -2.22. The lowest BCUT2D eigenvalue weighted by atomic mass is 10.1. The smallest absolute Gasteiger partial charge is 0.0440 e. The van der Waals surface area contributed by atoms with Gasteiger partial charge in [0.15, 0.2) is 0 Å². The van der Waals surface area contributed by atoms with E-state index in [1.165, 1.54) is 50.7 Å². The van der Waals surface area contributed by atoms with Crippen LogP contribution in [0.2, 0.25) is 0 Å². The fourth-order valence-electron chi connectivity index (χ4n) is 2.40. The van der Waals surface area contributed by atoms with Crippen molar-refractivity contribution in [3.63, 3.8) is 0 Å². The molecule has 0 aliphatic heterocycles. The molecule has 0 aromatic rings. The van der Waals surface area contributed by atoms with Crippen LogP contribution < -0.4 is 5.43 Å². The van der Waals surface area contributed by atoms with Crippen molar-refractivity contribution in [2.75, 3.05) is 0 Å². The second-order valence-corrected chi connectivity index (χ2v) is 4.51. The van der Waals surface area contributed by atoms with E-state index in [1.807, 2.05) is 0 Å². The van der Waals surface area contributed by atoms with Gasteiger partial charge in [0, 0.05) is 11.8 Å². The number of hydrazone groups is 1. The quantitative estimate of drug-likeness (QED) is 0.649. The molecule has 0 aromatic carbocycles. The molecular weight excluding hydrogens is 160 g/mol. The average molecular weight is 180 g/mol. The molecule has 0 radical (unpaired) electrons. The standard InChI is InChI=1S/C11H20N2/c1-9-5-4-8-11(9)13-12-10-6-2-3-7-10/h9-10,12H,2-8H2,1H3/b13-11+. The van der Waals surface area contributed by atoms with Crippen LogP contribution in [0.3, 0.4) is 0 Å². The summed E-state index contributed by atoms with van der Waals surface area (Å²) in [7, 11) is 0. The number of hydrogen-bond acceptors (Lipinski definition) is 2. The minimum absolute atomic E-state index is 0.681. The summed E-state index contributed by atoms with van der Waals surface area (Å²) in [6.07, 6.45) is 9.32. The van der Waals surface area contributed by atoms with Crippen molar-refractivity contribution in [3.8, 4) is 0 Å². The first-order valence-corrected chi connectivity index (χ1v) is 5.68. The van der Waals surface area contributed by atoms with Crippen LogP contribution >= 0.6 is 0 Å². The van der Waals surface area contributed by atoms with Gasteiger partial charge in [-0.15, -0.1) is 0 Å². The average Bonchev–Trinajstić information content (AvgIpc) is 2.72. The van der Waals surface area contributed by atoms with Crippen LogP contribution in [-0.4, -0.2) is 11.8 Å². The maximum atomic E-state index is 4.55. The molecule has 0 heterocycles. The first-order valence-electron chi connectivity index (χ1n) is 5.68. The Hall–Kier alpha value is -0.530. The van der Waals surface area contributed by atoms with Gasteiger partial charge in [0.2, 0.25) is 0 Å². The van der Waals surface area contributed by atoms with Crippen molar-refractivity contribution in [2.24, 2.45) is 11.0 Å². The molecule has 0 bridgehead atoms. The zero-order chi connectivity index (χ0) is 9.10. The van der Waals surface area contributed by atoms with E-state index in [0.717, 1.165) is 5.92 Å². The highest BCUT2D eigenvalue weighted by Crippen LogP contribution is 2.22. The van der Waals surface area contributed by atoms with Gasteiger partial charge in [0.25, 0.3) is 0 Å². The van der Waals surface area contributed by atoms with E-state index in [2.05, 4.69) is 17.5 Å². The summed E-state index contributed by atoms with van der Waals surface area (Å²) in [5, 5.41) is 4.55. The third-order valence-electron chi connectivity index (χ3n) is 3.38. The SMILES string of the molecule is CC1CCC/C1=N\NC1CCCC1. The second kappa shape index (κ2) is 4.12. The summed E-state index contributed by atoms with van der Waals surface area (Å²) in [6.45, 7) is 2.29. The lowest BCUT2D eigenvalue weighted by molar-refractivity contribution is 0.543. The van der Waals surface area contributed by atoms with Crippen molar-refractivity contribution >= 4 is 5.71 Å². The normalized spacial score (nSPS) is 33.0. The van der Waals surface area contributed by atoms with Gasteiger partial charge >= 0.3 is 0 Å². The van der Waals surface area contributed by atoms with Gasteiger partial charge in [-0.05, 0) is 38.0 Å². The van der Waals surface area contributed by atoms with Crippen LogP contribution in [-0.2, 0) is 0 Å². The van der Waals surface area contributed by atoms with Gasteiger partial charge in [0.1, 0.15) is 0 Å². The molecule has 2 fully saturated rings. The molecule has 1 atom stereocenters. The molecule has 2 aliphatic rings. The molecule has 2 saturated carbocycles. The Bertz CT molecular complexity index is 192. The van der Waals surface area contributed by atoms with Crippen LogP contribution in [0.15, 0.2) is 5.10 Å². The fraction of sp³-hybridized carbons (Fsp3) is 0.909. The highest BCUT2D eigenvalue weighted by molar-refractivity contribution is 5.87. The third kappa shape index (κ3) is 2.23. The molecule has 2 nitrogen and oxygen atoms in total. The molecule has 0 saturated heterocycles. The fourth-order valence-corrected chi connectivity index (χ4v) is 2.40. The summed E-state index contributed by atoms with van der Waals surface area (Å²) in [5.41, 5.74) is 4.75. The highest BCUT2D eigenvalue weighted by atomic mass is 15.3. The Morgan fingerprint density at radius 1 is 1.15 bits per heavy atom. The Morgan fingerprint density at radius 2 is 1.92 bits per heavy atom. The van der Waals surface area contributed by atoms with E-state index in [-0.39, 0.29) is 0 Å². The van der Waals surface area contributed by atoms with Gasteiger partial charge in [-0.2, -0.15) is 5.10 Å². The number of nitrogens with zero attached hydrogens (tertiary/aromatic N) is 1. The number of nitrogens with one attached hydrogen (secondary N) is 1. The highest BCUT2D eigenvalue weighted by Gasteiger charge is 2.19. The van der Waals surface area contributed by atoms with E-state index >= 15 is 0 Å². The predicted molar refractivity (Wildman–Crippen MR) is 55.8 cm³/mol. The second-order valence-electron chi connectivity index (χ2n) is 4.51. The molecule has 2 heteroatoms. The first kappa shape index (κ1) is 9.04. The van der Waals surface area contributed by atoms with Gasteiger partial charge in [-0.25, -0.2) is 0 Å². The minimum atomic E-state index is 0.681. The maximum absolute atomic E-state index is 4.55. The van der Waals surface area contributed by atoms with Crippen LogP contribution in [0, 0.1) is 5.92 Å². The van der Waals surface area contributed by atoms with Crippen molar-refractivity contribution in [2.45, 2.75) is 57.9 Å². The van der Waals surface area contributed by atoms with Crippen molar-refractivity contribution in [3.05, 3.63) is 0 Å². The van der Waals surface area contributed by atoms with E-state index in [4.69, 9.17) is 0 Å². The van der Waals surface area contributed by atoms with E-state index in [9.17, 15) is 0 Å². The molecule has 0 amide bonds. The Kier molecular flexibility index (Phi) is 2.87. The van der Waals surface area contributed by atoms with Gasteiger partial charge < -0.3 is 5.43 Å². The molecule has 2 rings (SSSR count). The van der Waals surface area contributed by atoms with Gasteiger partial charge in [-0.3, -0.25) is 0 Å². The molecule has 1 unspecified atom stereocenters. The van der Waals surface area contributed by atoms with Crippen molar-refractivity contribution in [1.82, 2.24) is 5.43 Å². The van der Waals surface area contributed by atoms with Crippen molar-refractivity contribution < 1.29 is 0 Å². The van der Waals surface area contributed by atoms with E-state index < -0.39 is 0 Å². The van der Waals surface area contributed by atoms with Crippen LogP contribution in [0.1, 0.15) is 51.9 Å². The molecule has 0 aromatic heterocycles. The van der Waals surface area contributed by atoms with E-state index in [1.54, 1.807) is 0 Å². The number of hydrogen-bond donors (Lipinski definition) is 1. The van der Waals surface area contributed by atoms with Gasteiger partial charge in [0.05, 0.1) is 0 Å². The summed E-state index contributed by atoms with van der Waals surface area (Å²) < 4.78 is 0. The van der Waals surface area contributed by atoms with Gasteiger partial charge in [-0.1, -0.05) is 19.8 Å². The molecule has 0 spiro atoms. The van der Waals surface area contributed by atoms with Crippen molar-refractivity contribution in [1.29, 1.82) is 0 Å². The van der Waals surface area contributed by atoms with Crippen LogP contribution in [0.5, 0.6) is 0 Å². The number of rotatable bonds is 2. The minimum Gasteiger partial charge on any atom is -0.307 e. The topological polar surface area (TPSA) is 24.4 Å². The molecule has 13 heavy (non-hydrogen) atoms. The summed E-state index contributed by atoms with van der Waals surface area (Å²) >= 11 is 0.